The van der Waals surface area contributed by atoms with Crippen molar-refractivity contribution in [3.8, 4) is 0 Å². The van der Waals surface area contributed by atoms with E-state index in [1.807, 2.05) is 0 Å². The summed E-state index contributed by atoms with van der Waals surface area (Å²) >= 11 is 0. The van der Waals surface area contributed by atoms with Crippen molar-refractivity contribution in [2.24, 2.45) is 0 Å². The van der Waals surface area contributed by atoms with E-state index < -0.39 is 13.4 Å². The molecular weight excluding hydrogens is 70.8 g/mol. The van der Waals surface area contributed by atoms with Gasteiger partial charge in [0.2, 0.25) is 0 Å². The molecule has 0 aromatic rings. The van der Waals surface area contributed by atoms with Gasteiger partial charge in [0.15, 0.2) is 0 Å². The van der Waals surface area contributed by atoms with Crippen molar-refractivity contribution >= 4 is 13.4 Å². The van der Waals surface area contributed by atoms with E-state index in [1.165, 1.54) is 0 Å². The van der Waals surface area contributed by atoms with Gasteiger partial charge in [-0.25, -0.2) is 0 Å². The Morgan fingerprint density at radius 2 is 2.00 bits per heavy atom. The van der Waals surface area contributed by atoms with Crippen molar-refractivity contribution < 1.29 is 14.9 Å². The molecule has 0 aliphatic heterocycles. The summed E-state index contributed by atoms with van der Waals surface area (Å²) in [6, 6.07) is 0. The Hall–Kier alpha value is -0.505. The topological polar surface area (TPSA) is 57.5 Å². The summed E-state index contributed by atoms with van der Waals surface area (Å²) in [4.78, 5) is 9.12. The van der Waals surface area contributed by atoms with Crippen LogP contribution in [0.2, 0.25) is 0 Å². The Morgan fingerprint density at radius 3 is 2.00 bits per heavy atom. The largest absolute Gasteiger partial charge is 0.487 e. The number of carbonyl (C=O) groups is 1. The van der Waals surface area contributed by atoms with Gasteiger partial charge in [-0.15, -0.1) is 0 Å². The zero-order chi connectivity index (χ0) is 4.28. The highest BCUT2D eigenvalue weighted by Gasteiger charge is 1.89. The summed E-state index contributed by atoms with van der Waals surface area (Å²) in [6.45, 7) is 0. The van der Waals surface area contributed by atoms with Crippen LogP contribution in [-0.4, -0.2) is 23.5 Å². The number of hydrogen-bond acceptors (Lipinski definition) is 2. The van der Waals surface area contributed by atoms with Crippen molar-refractivity contribution in [1.82, 2.24) is 0 Å². The fourth-order valence-corrected chi connectivity index (χ4v) is 0. The lowest BCUT2D eigenvalue weighted by molar-refractivity contribution is 0.217. The van der Waals surface area contributed by atoms with Crippen LogP contribution in [0.3, 0.4) is 0 Å². The molecule has 0 saturated carbocycles. The van der Waals surface area contributed by atoms with Crippen LogP contribution in [0.1, 0.15) is 0 Å². The molecule has 2 N–H and O–H groups in total. The smallest absolute Gasteiger partial charge is 0.404 e. The Kier molecular flexibility index (Phi) is 1.60. The fourth-order valence-electron chi connectivity index (χ4n) is 0. The second kappa shape index (κ2) is 1.78. The van der Waals surface area contributed by atoms with Gasteiger partial charge in [-0.1, -0.05) is 0 Å². The molecule has 0 amide bonds. The molecule has 0 bridgehead atoms. The minimum Gasteiger partial charge on any atom is -0.487 e. The molecule has 0 aliphatic rings. The van der Waals surface area contributed by atoms with Gasteiger partial charge in [-0.05, 0) is 0 Å². The Labute approximate surface area is 29.5 Å². The first kappa shape index (κ1) is 4.49. The third kappa shape index (κ3) is 3.49. The molecule has 0 fully saturated rings. The molecule has 3 nitrogen and oxygen atoms in total. The second-order valence-corrected chi connectivity index (χ2v) is 0.552. The van der Waals surface area contributed by atoms with E-state index >= 15 is 0 Å². The third-order valence-electron chi connectivity index (χ3n) is 0.135. The van der Waals surface area contributed by atoms with E-state index in [4.69, 9.17) is 14.9 Å². The lowest BCUT2D eigenvalue weighted by Gasteiger charge is -1.68. The highest BCUT2D eigenvalue weighted by Crippen LogP contribution is 1.51. The van der Waals surface area contributed by atoms with E-state index in [0.717, 1.165) is 0 Å². The quantitative estimate of drug-likeness (QED) is 0.392. The van der Waals surface area contributed by atoms with Gasteiger partial charge in [0, 0.05) is 0 Å². The summed E-state index contributed by atoms with van der Waals surface area (Å²) in [5.74, 6) is -1.19. The van der Waals surface area contributed by atoms with E-state index in [2.05, 4.69) is 0 Å². The van der Waals surface area contributed by atoms with Crippen molar-refractivity contribution in [2.45, 2.75) is 0 Å². The molecule has 0 radical (unpaired) electrons. The molecular formula is CH3BO3. The van der Waals surface area contributed by atoms with Crippen LogP contribution in [0, 0.1) is 0 Å². The average molecular weight is 73.8 g/mol. The van der Waals surface area contributed by atoms with Crippen molar-refractivity contribution in [2.75, 3.05) is 0 Å². The Morgan fingerprint density at radius 1 is 1.80 bits per heavy atom. The highest BCUT2D eigenvalue weighted by molar-refractivity contribution is 6.65. The van der Waals surface area contributed by atoms with Crippen molar-refractivity contribution in [3.63, 3.8) is 0 Å². The first-order valence-corrected chi connectivity index (χ1v) is 1.10. The molecule has 28 valence electrons. The number of hydrogen-bond donors (Lipinski definition) is 2. The van der Waals surface area contributed by atoms with Crippen molar-refractivity contribution in [3.05, 3.63) is 0 Å². The maximum atomic E-state index is 9.12. The van der Waals surface area contributed by atoms with Gasteiger partial charge in [0.25, 0.3) is 5.87 Å². The lowest BCUT2D eigenvalue weighted by atomic mass is 10.1. The van der Waals surface area contributed by atoms with Crippen molar-refractivity contribution in [1.29, 1.82) is 0 Å². The number of rotatable bonds is 1. The molecule has 0 unspecified atom stereocenters. The molecule has 0 aromatic heterocycles. The SMILES string of the molecule is O=C(O)BO. The Balaban J connectivity index is 2.85. The van der Waals surface area contributed by atoms with Crippen LogP contribution in [-0.2, 0) is 0 Å². The summed E-state index contributed by atoms with van der Waals surface area (Å²) in [6.07, 6.45) is 0. The molecule has 0 saturated heterocycles. The predicted octanol–water partition coefficient (Wildman–Crippen LogP) is -0.992. The van der Waals surface area contributed by atoms with E-state index in [0.29, 0.717) is 0 Å². The summed E-state index contributed by atoms with van der Waals surface area (Å²) in [5.41, 5.74) is 0. The summed E-state index contributed by atoms with van der Waals surface area (Å²) < 4.78 is 0. The van der Waals surface area contributed by atoms with Gasteiger partial charge in [0.1, 0.15) is 0 Å². The van der Waals surface area contributed by atoms with E-state index in [-0.39, 0.29) is 0 Å². The predicted molar refractivity (Wildman–Crippen MR) is 17.4 cm³/mol. The van der Waals surface area contributed by atoms with E-state index in [1.54, 1.807) is 0 Å². The zero-order valence-electron chi connectivity index (χ0n) is 2.51. The molecule has 5 heavy (non-hydrogen) atoms. The minimum absolute atomic E-state index is 0.778. The molecule has 0 heterocycles. The maximum Gasteiger partial charge on any atom is 0.404 e. The highest BCUT2D eigenvalue weighted by atomic mass is 16.4. The van der Waals surface area contributed by atoms with Crippen LogP contribution in [0.4, 0.5) is 4.79 Å². The van der Waals surface area contributed by atoms with Crippen LogP contribution in [0.25, 0.3) is 0 Å². The van der Waals surface area contributed by atoms with Gasteiger partial charge in [0.05, 0.1) is 0 Å². The van der Waals surface area contributed by atoms with Crippen LogP contribution in [0.5, 0.6) is 0 Å². The minimum atomic E-state index is -1.19. The average Bonchev–Trinajstić information content (AvgIpc) is 1.38. The molecule has 0 spiro atoms. The maximum absolute atomic E-state index is 9.12. The first-order valence-electron chi connectivity index (χ1n) is 1.10. The second-order valence-electron chi connectivity index (χ2n) is 0.552. The van der Waals surface area contributed by atoms with Crippen LogP contribution < -0.4 is 0 Å². The molecule has 4 heteroatoms. The molecule has 0 aliphatic carbocycles. The monoisotopic (exact) mass is 74.0 g/mol. The van der Waals surface area contributed by atoms with Gasteiger partial charge in [-0.3, -0.25) is 4.79 Å². The van der Waals surface area contributed by atoms with Gasteiger partial charge in [-0.2, -0.15) is 0 Å². The molecule has 0 atom stereocenters. The number of carboxylic acid groups (broad SMARTS) is 1. The molecule has 0 rings (SSSR count). The van der Waals surface area contributed by atoms with Gasteiger partial charge < -0.3 is 10.1 Å². The van der Waals surface area contributed by atoms with Crippen LogP contribution >= 0.6 is 0 Å². The third-order valence-corrected chi connectivity index (χ3v) is 0.135. The summed E-state index contributed by atoms with van der Waals surface area (Å²) in [5, 5.41) is 15.0. The molecule has 0 aromatic carbocycles. The normalized spacial score (nSPS) is 6.60. The zero-order valence-corrected chi connectivity index (χ0v) is 2.51. The van der Waals surface area contributed by atoms with Crippen LogP contribution in [0.15, 0.2) is 0 Å². The first-order chi connectivity index (χ1) is 2.27. The summed E-state index contributed by atoms with van der Waals surface area (Å²) in [7, 11) is -0.778. The lowest BCUT2D eigenvalue weighted by Crippen LogP contribution is -2.01. The standard InChI is InChI=1S/CH3BO3/c3-1(4)2-5/h2,5H,(H,3,4). The Bertz CT molecular complexity index is 42.2. The van der Waals surface area contributed by atoms with E-state index in [9.17, 15) is 0 Å². The fraction of sp³-hybridized carbons (Fsp3) is 0. The van der Waals surface area contributed by atoms with Gasteiger partial charge >= 0.3 is 7.48 Å².